The largest absolute Gasteiger partial charge is 0.362 e. The van der Waals surface area contributed by atoms with Crippen molar-refractivity contribution in [2.45, 2.75) is 20.4 Å². The Balaban J connectivity index is 2.00. The number of nitrogens with zero attached hydrogens (tertiary/aromatic N) is 2. The van der Waals surface area contributed by atoms with Gasteiger partial charge in [0.1, 0.15) is 4.88 Å². The Kier molecular flexibility index (Phi) is 4.46. The maximum Gasteiger partial charge on any atom is 0.263 e. The van der Waals surface area contributed by atoms with E-state index < -0.39 is 0 Å². The summed E-state index contributed by atoms with van der Waals surface area (Å²) in [6.45, 7) is 5.11. The van der Waals surface area contributed by atoms with Gasteiger partial charge in [-0.15, -0.1) is 0 Å². The van der Waals surface area contributed by atoms with Crippen LogP contribution in [0.2, 0.25) is 0 Å². The summed E-state index contributed by atoms with van der Waals surface area (Å²) in [6.07, 6.45) is 3.45. The molecule has 2 rings (SSSR count). The molecule has 0 aliphatic heterocycles. The molecule has 0 saturated heterocycles. The van der Waals surface area contributed by atoms with Crippen molar-refractivity contribution in [3.8, 4) is 0 Å². The summed E-state index contributed by atoms with van der Waals surface area (Å²) in [7, 11) is 0. The first-order chi connectivity index (χ1) is 9.20. The molecule has 0 fully saturated rings. The molecule has 2 aromatic heterocycles. The van der Waals surface area contributed by atoms with Crippen LogP contribution in [0.5, 0.6) is 0 Å². The molecule has 0 radical (unpaired) electrons. The number of hydrogen-bond donors (Lipinski definition) is 2. The van der Waals surface area contributed by atoms with Crippen molar-refractivity contribution in [3.05, 3.63) is 40.7 Å². The highest BCUT2D eigenvalue weighted by Crippen LogP contribution is 2.22. The number of carbonyl (C=O) groups excluding carboxylic acids is 1. The minimum absolute atomic E-state index is 0.0944. The molecule has 19 heavy (non-hydrogen) atoms. The molecule has 2 aromatic rings. The number of pyridine rings is 1. The molecule has 100 valence electrons. The van der Waals surface area contributed by atoms with Crippen molar-refractivity contribution in [2.24, 2.45) is 0 Å². The zero-order chi connectivity index (χ0) is 13.7. The number of carbonyl (C=O) groups is 1. The Morgan fingerprint density at radius 1 is 1.47 bits per heavy atom. The lowest BCUT2D eigenvalue weighted by Crippen LogP contribution is -2.22. The molecular weight excluding hydrogens is 260 g/mol. The van der Waals surface area contributed by atoms with Gasteiger partial charge < -0.3 is 10.6 Å². The second-order valence-corrected chi connectivity index (χ2v) is 5.01. The van der Waals surface area contributed by atoms with Gasteiger partial charge in [0.15, 0.2) is 5.13 Å². The molecule has 5 nitrogen and oxygen atoms in total. The molecule has 0 atom stereocenters. The van der Waals surface area contributed by atoms with E-state index in [2.05, 4.69) is 20.6 Å². The lowest BCUT2D eigenvalue weighted by Gasteiger charge is -2.03. The fourth-order valence-corrected chi connectivity index (χ4v) is 2.55. The maximum atomic E-state index is 12.1. The second kappa shape index (κ2) is 6.29. The van der Waals surface area contributed by atoms with Crippen LogP contribution in [0.1, 0.15) is 27.9 Å². The Morgan fingerprint density at radius 2 is 2.32 bits per heavy atom. The van der Waals surface area contributed by atoms with Gasteiger partial charge in [-0.1, -0.05) is 17.4 Å². The molecule has 0 saturated carbocycles. The molecule has 0 aliphatic rings. The lowest BCUT2D eigenvalue weighted by atomic mass is 10.3. The highest BCUT2D eigenvalue weighted by molar-refractivity contribution is 7.17. The lowest BCUT2D eigenvalue weighted by molar-refractivity contribution is 0.0954. The molecule has 0 unspecified atom stereocenters. The summed E-state index contributed by atoms with van der Waals surface area (Å²) in [4.78, 5) is 21.0. The number of thiazole rings is 1. The number of rotatable bonds is 5. The number of hydrogen-bond acceptors (Lipinski definition) is 5. The zero-order valence-electron chi connectivity index (χ0n) is 10.9. The molecule has 6 heteroatoms. The number of nitrogens with one attached hydrogen (secondary N) is 2. The first-order valence-corrected chi connectivity index (χ1v) is 6.90. The predicted molar refractivity (Wildman–Crippen MR) is 76.4 cm³/mol. The molecule has 2 N–H and O–H groups in total. The minimum Gasteiger partial charge on any atom is -0.362 e. The van der Waals surface area contributed by atoms with Crippen LogP contribution in [0.3, 0.4) is 0 Å². The Hall–Kier alpha value is -1.95. The standard InChI is InChI=1S/C13H16N4OS/c1-3-15-13-17-9(2)11(19-13)12(18)16-8-10-5-4-6-14-7-10/h4-7H,3,8H2,1-2H3,(H,15,17)(H,16,18). The highest BCUT2D eigenvalue weighted by atomic mass is 32.1. The maximum absolute atomic E-state index is 12.1. The van der Waals surface area contributed by atoms with Crippen LogP contribution in [0.25, 0.3) is 0 Å². The van der Waals surface area contributed by atoms with Gasteiger partial charge in [-0.25, -0.2) is 4.98 Å². The number of amides is 1. The highest BCUT2D eigenvalue weighted by Gasteiger charge is 2.14. The Labute approximate surface area is 116 Å². The fourth-order valence-electron chi connectivity index (χ4n) is 1.60. The van der Waals surface area contributed by atoms with Crippen LogP contribution in [-0.2, 0) is 6.54 Å². The molecule has 0 aliphatic carbocycles. The first-order valence-electron chi connectivity index (χ1n) is 6.09. The van der Waals surface area contributed by atoms with Crippen molar-refractivity contribution in [1.82, 2.24) is 15.3 Å². The van der Waals surface area contributed by atoms with Gasteiger partial charge in [-0.3, -0.25) is 9.78 Å². The Bertz CT molecular complexity index is 553. The molecule has 0 aromatic carbocycles. The van der Waals surface area contributed by atoms with Crippen molar-refractivity contribution in [3.63, 3.8) is 0 Å². The van der Waals surface area contributed by atoms with Gasteiger partial charge >= 0.3 is 0 Å². The van der Waals surface area contributed by atoms with Crippen molar-refractivity contribution in [2.75, 3.05) is 11.9 Å². The second-order valence-electron chi connectivity index (χ2n) is 4.01. The SMILES string of the molecule is CCNc1nc(C)c(C(=O)NCc2cccnc2)s1. The van der Waals surface area contributed by atoms with Crippen molar-refractivity contribution >= 4 is 22.4 Å². The van der Waals surface area contributed by atoms with Crippen molar-refractivity contribution in [1.29, 1.82) is 0 Å². The van der Waals surface area contributed by atoms with Crippen LogP contribution >= 0.6 is 11.3 Å². The van der Waals surface area contributed by atoms with Crippen LogP contribution in [0.15, 0.2) is 24.5 Å². The van der Waals surface area contributed by atoms with Crippen LogP contribution in [0.4, 0.5) is 5.13 Å². The van der Waals surface area contributed by atoms with E-state index in [4.69, 9.17) is 0 Å². The molecule has 2 heterocycles. The van der Waals surface area contributed by atoms with Gasteiger partial charge in [0, 0.05) is 25.5 Å². The van der Waals surface area contributed by atoms with Gasteiger partial charge in [0.25, 0.3) is 5.91 Å². The molecular formula is C13H16N4OS. The van der Waals surface area contributed by atoms with E-state index in [1.807, 2.05) is 26.0 Å². The van der Waals surface area contributed by atoms with E-state index >= 15 is 0 Å². The summed E-state index contributed by atoms with van der Waals surface area (Å²) < 4.78 is 0. The van der Waals surface area contributed by atoms with E-state index in [9.17, 15) is 4.79 Å². The fraction of sp³-hybridized carbons (Fsp3) is 0.308. The predicted octanol–water partition coefficient (Wildman–Crippen LogP) is 2.21. The Morgan fingerprint density at radius 3 is 3.00 bits per heavy atom. The summed E-state index contributed by atoms with van der Waals surface area (Å²) >= 11 is 1.38. The van der Waals surface area contributed by atoms with E-state index in [1.165, 1.54) is 11.3 Å². The topological polar surface area (TPSA) is 66.9 Å². The summed E-state index contributed by atoms with van der Waals surface area (Å²) in [5.74, 6) is -0.0944. The van der Waals surface area contributed by atoms with Gasteiger partial charge in [0.05, 0.1) is 5.69 Å². The van der Waals surface area contributed by atoms with Crippen LogP contribution in [0, 0.1) is 6.92 Å². The summed E-state index contributed by atoms with van der Waals surface area (Å²) in [5, 5.41) is 6.77. The quantitative estimate of drug-likeness (QED) is 0.878. The van der Waals surface area contributed by atoms with Gasteiger partial charge in [0.2, 0.25) is 0 Å². The summed E-state index contributed by atoms with van der Waals surface area (Å²) in [5.41, 5.74) is 1.73. The molecule has 0 bridgehead atoms. The van der Waals surface area contributed by atoms with Gasteiger partial charge in [-0.2, -0.15) is 0 Å². The third-order valence-electron chi connectivity index (χ3n) is 2.51. The monoisotopic (exact) mass is 276 g/mol. The molecule has 1 amide bonds. The third kappa shape index (κ3) is 3.51. The third-order valence-corrected chi connectivity index (χ3v) is 3.62. The summed E-state index contributed by atoms with van der Waals surface area (Å²) in [6, 6.07) is 3.78. The van der Waals surface area contributed by atoms with E-state index in [0.717, 1.165) is 22.9 Å². The normalized spacial score (nSPS) is 10.2. The van der Waals surface area contributed by atoms with E-state index in [1.54, 1.807) is 12.4 Å². The van der Waals surface area contributed by atoms with Crippen LogP contribution < -0.4 is 10.6 Å². The van der Waals surface area contributed by atoms with Crippen molar-refractivity contribution < 1.29 is 4.79 Å². The zero-order valence-corrected chi connectivity index (χ0v) is 11.8. The minimum atomic E-state index is -0.0944. The first kappa shape index (κ1) is 13.5. The average molecular weight is 276 g/mol. The van der Waals surface area contributed by atoms with Crippen LogP contribution in [-0.4, -0.2) is 22.4 Å². The number of aromatic nitrogens is 2. The molecule has 0 spiro atoms. The van der Waals surface area contributed by atoms with Gasteiger partial charge in [-0.05, 0) is 25.5 Å². The average Bonchev–Trinajstić information content (AvgIpc) is 2.79. The smallest absolute Gasteiger partial charge is 0.263 e. The number of anilines is 1. The van der Waals surface area contributed by atoms with E-state index in [-0.39, 0.29) is 5.91 Å². The van der Waals surface area contributed by atoms with E-state index in [0.29, 0.717) is 11.4 Å². The number of aryl methyl sites for hydroxylation is 1.